The van der Waals surface area contributed by atoms with Crippen LogP contribution in [0.25, 0.3) is 16.6 Å². The molecule has 24 heavy (non-hydrogen) atoms. The maximum Gasteiger partial charge on any atom is 0.275 e. The van der Waals surface area contributed by atoms with Gasteiger partial charge in [-0.2, -0.15) is 0 Å². The first kappa shape index (κ1) is 16.3. The Kier molecular flexibility index (Phi) is 4.96. The molecule has 6 nitrogen and oxygen atoms in total. The van der Waals surface area contributed by atoms with Gasteiger partial charge in [0.05, 0.1) is 11.0 Å². The van der Waals surface area contributed by atoms with E-state index in [1.807, 2.05) is 47.9 Å². The average Bonchev–Trinajstić information content (AvgIpc) is 3.08. The van der Waals surface area contributed by atoms with Crippen LogP contribution in [-0.4, -0.2) is 34.6 Å². The lowest BCUT2D eigenvalue weighted by Gasteiger charge is -2.12. The molecule has 0 aliphatic carbocycles. The SMILES string of the molecule is CCOCCCNC(=O)Cn1c(=O)c2cccn2c2ccccc21. The van der Waals surface area contributed by atoms with Gasteiger partial charge in [0, 0.05) is 26.0 Å². The van der Waals surface area contributed by atoms with Gasteiger partial charge in [0.15, 0.2) is 0 Å². The van der Waals surface area contributed by atoms with Crippen LogP contribution in [0, 0.1) is 0 Å². The number of para-hydroxylation sites is 2. The van der Waals surface area contributed by atoms with E-state index >= 15 is 0 Å². The van der Waals surface area contributed by atoms with Crippen molar-refractivity contribution in [3.63, 3.8) is 0 Å². The molecule has 6 heteroatoms. The predicted molar refractivity (Wildman–Crippen MR) is 93.3 cm³/mol. The van der Waals surface area contributed by atoms with Crippen LogP contribution in [0.3, 0.4) is 0 Å². The van der Waals surface area contributed by atoms with E-state index in [4.69, 9.17) is 4.74 Å². The van der Waals surface area contributed by atoms with Crippen LogP contribution in [0.15, 0.2) is 47.4 Å². The third-order valence-electron chi connectivity index (χ3n) is 3.94. The molecule has 0 saturated carbocycles. The summed E-state index contributed by atoms with van der Waals surface area (Å²) < 4.78 is 8.63. The minimum Gasteiger partial charge on any atom is -0.382 e. The summed E-state index contributed by atoms with van der Waals surface area (Å²) in [4.78, 5) is 24.9. The number of hydrogen-bond donors (Lipinski definition) is 1. The fourth-order valence-corrected chi connectivity index (χ4v) is 2.81. The number of hydrogen-bond acceptors (Lipinski definition) is 3. The molecule has 1 N–H and O–H groups in total. The molecule has 0 saturated heterocycles. The summed E-state index contributed by atoms with van der Waals surface area (Å²) in [6.07, 6.45) is 2.62. The molecule has 0 radical (unpaired) electrons. The van der Waals surface area contributed by atoms with Crippen molar-refractivity contribution in [1.82, 2.24) is 14.3 Å². The monoisotopic (exact) mass is 327 g/mol. The summed E-state index contributed by atoms with van der Waals surface area (Å²) in [5, 5.41) is 2.84. The predicted octanol–water partition coefficient (Wildman–Crippen LogP) is 1.80. The molecule has 3 aromatic rings. The molecule has 1 aromatic carbocycles. The van der Waals surface area contributed by atoms with Gasteiger partial charge >= 0.3 is 0 Å². The Bertz CT molecular complexity index is 911. The van der Waals surface area contributed by atoms with Gasteiger partial charge in [0.1, 0.15) is 12.1 Å². The first-order valence-electron chi connectivity index (χ1n) is 8.15. The number of aromatic nitrogens is 2. The molecule has 0 unspecified atom stereocenters. The molecular weight excluding hydrogens is 306 g/mol. The number of nitrogens with one attached hydrogen (secondary N) is 1. The van der Waals surface area contributed by atoms with Gasteiger partial charge in [-0.3, -0.25) is 14.2 Å². The highest BCUT2D eigenvalue weighted by molar-refractivity contribution is 5.82. The topological polar surface area (TPSA) is 64.7 Å². The lowest BCUT2D eigenvalue weighted by atomic mass is 10.2. The number of ether oxygens (including phenoxy) is 1. The Morgan fingerprint density at radius 1 is 1.12 bits per heavy atom. The molecule has 0 spiro atoms. The average molecular weight is 327 g/mol. The summed E-state index contributed by atoms with van der Waals surface area (Å²) in [5.74, 6) is -0.172. The van der Waals surface area contributed by atoms with Crippen LogP contribution >= 0.6 is 0 Å². The van der Waals surface area contributed by atoms with E-state index < -0.39 is 0 Å². The summed E-state index contributed by atoms with van der Waals surface area (Å²) >= 11 is 0. The highest BCUT2D eigenvalue weighted by atomic mass is 16.5. The normalized spacial score (nSPS) is 11.2. The van der Waals surface area contributed by atoms with Crippen LogP contribution in [0.5, 0.6) is 0 Å². The number of nitrogens with zero attached hydrogens (tertiary/aromatic N) is 2. The minimum atomic E-state index is -0.172. The smallest absolute Gasteiger partial charge is 0.275 e. The molecule has 1 amide bonds. The van der Waals surface area contributed by atoms with Crippen molar-refractivity contribution in [2.75, 3.05) is 19.8 Å². The first-order valence-corrected chi connectivity index (χ1v) is 8.15. The van der Waals surface area contributed by atoms with E-state index in [2.05, 4.69) is 5.32 Å². The Morgan fingerprint density at radius 3 is 2.67 bits per heavy atom. The van der Waals surface area contributed by atoms with E-state index in [9.17, 15) is 9.59 Å². The maximum absolute atomic E-state index is 12.7. The van der Waals surface area contributed by atoms with Crippen molar-refractivity contribution < 1.29 is 9.53 Å². The third-order valence-corrected chi connectivity index (χ3v) is 3.94. The Labute approximate surface area is 139 Å². The van der Waals surface area contributed by atoms with Gasteiger partial charge in [-0.15, -0.1) is 0 Å². The lowest BCUT2D eigenvalue weighted by Crippen LogP contribution is -2.33. The number of fused-ring (bicyclic) bond motifs is 3. The zero-order valence-corrected chi connectivity index (χ0v) is 13.7. The number of amides is 1. The quantitative estimate of drug-likeness (QED) is 0.673. The Balaban J connectivity index is 1.84. The van der Waals surface area contributed by atoms with Crippen LogP contribution in [0.2, 0.25) is 0 Å². The standard InChI is InChI=1S/C18H21N3O3/c1-2-24-12-6-10-19-17(22)13-21-15-8-4-3-7-14(15)20-11-5-9-16(20)18(21)23/h3-5,7-9,11H,2,6,10,12-13H2,1H3,(H,19,22). The lowest BCUT2D eigenvalue weighted by molar-refractivity contribution is -0.121. The zero-order chi connectivity index (χ0) is 16.9. The van der Waals surface area contributed by atoms with Gasteiger partial charge in [-0.05, 0) is 37.6 Å². The van der Waals surface area contributed by atoms with Gasteiger partial charge in [-0.25, -0.2) is 0 Å². The van der Waals surface area contributed by atoms with Crippen LogP contribution in [0.4, 0.5) is 0 Å². The number of rotatable bonds is 7. The van der Waals surface area contributed by atoms with Crippen molar-refractivity contribution in [1.29, 1.82) is 0 Å². The van der Waals surface area contributed by atoms with Gasteiger partial charge in [0.2, 0.25) is 5.91 Å². The summed E-state index contributed by atoms with van der Waals surface area (Å²) in [6, 6.07) is 11.2. The fraction of sp³-hybridized carbons (Fsp3) is 0.333. The van der Waals surface area contributed by atoms with Crippen LogP contribution < -0.4 is 10.9 Å². The molecule has 0 aliphatic heterocycles. The maximum atomic E-state index is 12.7. The number of carbonyl (C=O) groups is 1. The van der Waals surface area contributed by atoms with Crippen LogP contribution in [0.1, 0.15) is 13.3 Å². The van der Waals surface area contributed by atoms with E-state index in [0.717, 1.165) is 17.5 Å². The largest absolute Gasteiger partial charge is 0.382 e. The van der Waals surface area contributed by atoms with Gasteiger partial charge < -0.3 is 14.5 Å². The number of carbonyl (C=O) groups excluding carboxylic acids is 1. The second kappa shape index (κ2) is 7.31. The molecule has 2 aromatic heterocycles. The highest BCUT2D eigenvalue weighted by Crippen LogP contribution is 2.14. The van der Waals surface area contributed by atoms with E-state index in [1.54, 1.807) is 6.07 Å². The molecule has 2 heterocycles. The van der Waals surface area contributed by atoms with Crippen molar-refractivity contribution in [2.45, 2.75) is 19.9 Å². The second-order valence-corrected chi connectivity index (χ2v) is 5.54. The Hall–Kier alpha value is -2.60. The van der Waals surface area contributed by atoms with Crippen LogP contribution in [-0.2, 0) is 16.1 Å². The van der Waals surface area contributed by atoms with Gasteiger partial charge in [-0.1, -0.05) is 12.1 Å². The van der Waals surface area contributed by atoms with Crippen molar-refractivity contribution >= 4 is 22.5 Å². The third kappa shape index (κ3) is 3.19. The molecular formula is C18H21N3O3. The molecule has 126 valence electrons. The molecule has 0 aliphatic rings. The summed E-state index contributed by atoms with van der Waals surface area (Å²) in [5.41, 5.74) is 2.05. The van der Waals surface area contributed by atoms with E-state index in [1.165, 1.54) is 4.57 Å². The minimum absolute atomic E-state index is 0.00958. The van der Waals surface area contributed by atoms with Crippen molar-refractivity contribution in [2.24, 2.45) is 0 Å². The summed E-state index contributed by atoms with van der Waals surface area (Å²) in [6.45, 7) is 3.78. The molecule has 0 fully saturated rings. The fourth-order valence-electron chi connectivity index (χ4n) is 2.81. The van der Waals surface area contributed by atoms with Crippen molar-refractivity contribution in [3.05, 3.63) is 52.9 Å². The van der Waals surface area contributed by atoms with E-state index in [0.29, 0.717) is 25.3 Å². The van der Waals surface area contributed by atoms with Gasteiger partial charge in [0.25, 0.3) is 5.56 Å². The second-order valence-electron chi connectivity index (χ2n) is 5.54. The molecule has 0 atom stereocenters. The highest BCUT2D eigenvalue weighted by Gasteiger charge is 2.12. The summed E-state index contributed by atoms with van der Waals surface area (Å²) in [7, 11) is 0. The van der Waals surface area contributed by atoms with Crippen molar-refractivity contribution in [3.8, 4) is 0 Å². The Morgan fingerprint density at radius 2 is 1.88 bits per heavy atom. The molecule has 3 rings (SSSR count). The van der Waals surface area contributed by atoms with E-state index in [-0.39, 0.29) is 18.0 Å². The zero-order valence-electron chi connectivity index (χ0n) is 13.7. The number of benzene rings is 1. The first-order chi connectivity index (χ1) is 11.7. The molecule has 0 bridgehead atoms.